The first-order valence-electron chi connectivity index (χ1n) is 7.86. The first kappa shape index (κ1) is 16.7. The summed E-state index contributed by atoms with van der Waals surface area (Å²) in [4.78, 5) is 4.69. The highest BCUT2D eigenvalue weighted by atomic mass is 32.2. The van der Waals surface area contributed by atoms with Gasteiger partial charge >= 0.3 is 0 Å². The Balaban J connectivity index is 1.70. The van der Waals surface area contributed by atoms with Crippen LogP contribution in [0.1, 0.15) is 11.5 Å². The van der Waals surface area contributed by atoms with Crippen molar-refractivity contribution in [1.82, 2.24) is 10.1 Å². The molecule has 0 aliphatic rings. The molecule has 0 amide bonds. The van der Waals surface area contributed by atoms with Crippen LogP contribution >= 0.6 is 11.3 Å². The third-order valence-electron chi connectivity index (χ3n) is 3.89. The van der Waals surface area contributed by atoms with Gasteiger partial charge in [-0.25, -0.2) is 13.4 Å². The van der Waals surface area contributed by atoms with Gasteiger partial charge < -0.3 is 4.52 Å². The fraction of sp³-hybridized carbons (Fsp3) is 0.111. The summed E-state index contributed by atoms with van der Waals surface area (Å²) in [6.07, 6.45) is 0. The Morgan fingerprint density at radius 2 is 1.88 bits per heavy atom. The number of aromatic nitrogens is 2. The van der Waals surface area contributed by atoms with Gasteiger partial charge in [0.2, 0.25) is 0 Å². The molecule has 0 fully saturated rings. The van der Waals surface area contributed by atoms with Crippen molar-refractivity contribution in [1.29, 1.82) is 0 Å². The van der Waals surface area contributed by atoms with Crippen LogP contribution in [0.25, 0.3) is 20.8 Å². The first-order chi connectivity index (χ1) is 12.4. The third-order valence-corrected chi connectivity index (χ3v) is 6.60. The zero-order chi connectivity index (χ0) is 18.3. The number of rotatable bonds is 4. The molecule has 0 aliphatic heterocycles. The molecule has 4 rings (SSSR count). The average molecular weight is 385 g/mol. The first-order valence-corrected chi connectivity index (χ1v) is 10.2. The van der Waals surface area contributed by atoms with Crippen LogP contribution in [-0.2, 0) is 10.0 Å². The number of thiazole rings is 1. The number of nitrogens with one attached hydrogen (secondary N) is 1. The molecule has 1 N–H and O–H groups in total. The summed E-state index contributed by atoms with van der Waals surface area (Å²) in [5, 5.41) is 4.55. The highest BCUT2D eigenvalue weighted by Gasteiger charge is 2.24. The van der Waals surface area contributed by atoms with E-state index in [0.29, 0.717) is 11.4 Å². The van der Waals surface area contributed by atoms with Gasteiger partial charge in [0.15, 0.2) is 10.7 Å². The second-order valence-electron chi connectivity index (χ2n) is 5.83. The van der Waals surface area contributed by atoms with Gasteiger partial charge in [-0.15, -0.1) is 11.3 Å². The van der Waals surface area contributed by atoms with Crippen molar-refractivity contribution in [3.8, 4) is 10.6 Å². The van der Waals surface area contributed by atoms with Crippen LogP contribution in [0.15, 0.2) is 57.9 Å². The minimum Gasteiger partial charge on any atom is -0.360 e. The Kier molecular flexibility index (Phi) is 4.01. The smallest absolute Gasteiger partial charge is 0.267 e. The number of fused-ring (bicyclic) bond motifs is 1. The molecular weight excluding hydrogens is 370 g/mol. The standard InChI is InChI=1S/C18H15N3O3S2/c1-11-17(12(2)24-20-11)26(22,23)21-14-7-5-6-13(10-14)18-19-15-8-3-4-9-16(15)25-18/h3-10,21H,1-2H3. The Morgan fingerprint density at radius 1 is 1.08 bits per heavy atom. The van der Waals surface area contributed by atoms with E-state index < -0.39 is 10.0 Å². The average Bonchev–Trinajstić information content (AvgIpc) is 3.18. The maximum atomic E-state index is 12.7. The van der Waals surface area contributed by atoms with Crippen LogP contribution in [0.5, 0.6) is 0 Å². The number of hydrogen-bond donors (Lipinski definition) is 1. The minimum absolute atomic E-state index is 0.0721. The number of anilines is 1. The number of benzene rings is 2. The van der Waals surface area contributed by atoms with Crippen molar-refractivity contribution in [2.45, 2.75) is 18.7 Å². The lowest BCUT2D eigenvalue weighted by molar-refractivity contribution is 0.390. The molecule has 0 spiro atoms. The van der Waals surface area contributed by atoms with Gasteiger partial charge in [-0.3, -0.25) is 4.72 Å². The van der Waals surface area contributed by atoms with Crippen molar-refractivity contribution in [2.24, 2.45) is 0 Å². The van der Waals surface area contributed by atoms with Crippen molar-refractivity contribution in [2.75, 3.05) is 4.72 Å². The second kappa shape index (κ2) is 6.22. The van der Waals surface area contributed by atoms with Gasteiger partial charge in [0.25, 0.3) is 10.0 Å². The molecular formula is C18H15N3O3S2. The zero-order valence-corrected chi connectivity index (χ0v) is 15.7. The normalized spacial score (nSPS) is 11.8. The van der Waals surface area contributed by atoms with Crippen LogP contribution in [-0.4, -0.2) is 18.6 Å². The molecule has 132 valence electrons. The fourth-order valence-electron chi connectivity index (χ4n) is 2.78. The molecule has 0 saturated heterocycles. The largest absolute Gasteiger partial charge is 0.360 e. The topological polar surface area (TPSA) is 85.1 Å². The molecule has 4 aromatic rings. The number of hydrogen-bond acceptors (Lipinski definition) is 6. The number of para-hydroxylation sites is 1. The van der Waals surface area contributed by atoms with Crippen molar-refractivity contribution in [3.05, 3.63) is 60.0 Å². The van der Waals surface area contributed by atoms with E-state index in [4.69, 9.17) is 4.52 Å². The van der Waals surface area contributed by atoms with Gasteiger partial charge in [0.05, 0.1) is 10.2 Å². The summed E-state index contributed by atoms with van der Waals surface area (Å²) in [6, 6.07) is 15.1. The summed E-state index contributed by atoms with van der Waals surface area (Å²) in [5.74, 6) is 0.261. The van der Waals surface area contributed by atoms with Crippen LogP contribution in [0.3, 0.4) is 0 Å². The van der Waals surface area contributed by atoms with Crippen molar-refractivity contribution in [3.63, 3.8) is 0 Å². The van der Waals surface area contributed by atoms with Gasteiger partial charge in [0, 0.05) is 11.3 Å². The van der Waals surface area contributed by atoms with Crippen LogP contribution in [0.2, 0.25) is 0 Å². The SMILES string of the molecule is Cc1noc(C)c1S(=O)(=O)Nc1cccc(-c2nc3ccccc3s2)c1. The van der Waals surface area contributed by atoms with Crippen LogP contribution in [0.4, 0.5) is 5.69 Å². The van der Waals surface area contributed by atoms with Gasteiger partial charge in [0.1, 0.15) is 10.7 Å². The number of nitrogens with zero attached hydrogens (tertiary/aromatic N) is 2. The minimum atomic E-state index is -3.78. The molecule has 0 saturated carbocycles. The van der Waals surface area contributed by atoms with E-state index in [1.165, 1.54) is 0 Å². The molecule has 2 heterocycles. The fourth-order valence-corrected chi connectivity index (χ4v) is 5.12. The highest BCUT2D eigenvalue weighted by molar-refractivity contribution is 7.92. The van der Waals surface area contributed by atoms with Crippen molar-refractivity contribution >= 4 is 37.3 Å². The quantitative estimate of drug-likeness (QED) is 0.564. The van der Waals surface area contributed by atoms with Gasteiger partial charge in [-0.05, 0) is 38.1 Å². The molecule has 0 bridgehead atoms. The summed E-state index contributed by atoms with van der Waals surface area (Å²) in [7, 11) is -3.78. The number of aryl methyl sites for hydroxylation is 2. The monoisotopic (exact) mass is 385 g/mol. The maximum absolute atomic E-state index is 12.7. The lowest BCUT2D eigenvalue weighted by Gasteiger charge is -2.08. The highest BCUT2D eigenvalue weighted by Crippen LogP contribution is 2.32. The summed E-state index contributed by atoms with van der Waals surface area (Å²) < 4.78 is 34.0. The lowest BCUT2D eigenvalue weighted by Crippen LogP contribution is -2.14. The molecule has 0 unspecified atom stereocenters. The van der Waals surface area contributed by atoms with E-state index in [0.717, 1.165) is 20.8 Å². The zero-order valence-electron chi connectivity index (χ0n) is 14.1. The Morgan fingerprint density at radius 3 is 2.62 bits per heavy atom. The molecule has 26 heavy (non-hydrogen) atoms. The number of sulfonamides is 1. The second-order valence-corrected chi connectivity index (χ2v) is 8.48. The predicted molar refractivity (Wildman–Crippen MR) is 102 cm³/mol. The molecule has 8 heteroatoms. The van der Waals surface area contributed by atoms with Gasteiger partial charge in [-0.1, -0.05) is 29.4 Å². The van der Waals surface area contributed by atoms with Crippen LogP contribution < -0.4 is 4.72 Å². The van der Waals surface area contributed by atoms with E-state index in [-0.39, 0.29) is 10.7 Å². The molecule has 2 aromatic carbocycles. The Bertz CT molecular complexity index is 1160. The van der Waals surface area contributed by atoms with Crippen LogP contribution in [0, 0.1) is 13.8 Å². The summed E-state index contributed by atoms with van der Waals surface area (Å²) in [6.45, 7) is 3.18. The molecule has 2 aromatic heterocycles. The summed E-state index contributed by atoms with van der Waals surface area (Å²) >= 11 is 1.57. The van der Waals surface area contributed by atoms with E-state index in [1.54, 1.807) is 43.4 Å². The Labute approximate surface area is 154 Å². The molecule has 0 atom stereocenters. The van der Waals surface area contributed by atoms with E-state index >= 15 is 0 Å². The lowest BCUT2D eigenvalue weighted by atomic mass is 10.2. The molecule has 6 nitrogen and oxygen atoms in total. The van der Waals surface area contributed by atoms with E-state index in [1.807, 2.05) is 30.3 Å². The van der Waals surface area contributed by atoms with E-state index in [9.17, 15) is 8.42 Å². The van der Waals surface area contributed by atoms with E-state index in [2.05, 4.69) is 14.9 Å². The molecule has 0 radical (unpaired) electrons. The Hall–Kier alpha value is -2.71. The maximum Gasteiger partial charge on any atom is 0.267 e. The molecule has 0 aliphatic carbocycles. The van der Waals surface area contributed by atoms with Crippen molar-refractivity contribution < 1.29 is 12.9 Å². The third kappa shape index (κ3) is 2.97. The summed E-state index contributed by atoms with van der Waals surface area (Å²) in [5.41, 5.74) is 2.57. The predicted octanol–water partition coefficient (Wildman–Crippen LogP) is 4.37. The van der Waals surface area contributed by atoms with Gasteiger partial charge in [-0.2, -0.15) is 0 Å².